The number of likely N-dealkylation sites (tertiary alicyclic amines) is 1. The summed E-state index contributed by atoms with van der Waals surface area (Å²) in [7, 11) is 0. The van der Waals surface area contributed by atoms with Crippen molar-refractivity contribution < 1.29 is 0 Å². The summed E-state index contributed by atoms with van der Waals surface area (Å²) in [6.45, 7) is 5.81. The molecule has 2 heteroatoms. The van der Waals surface area contributed by atoms with E-state index in [2.05, 4.69) is 64.8 Å². The van der Waals surface area contributed by atoms with Crippen LogP contribution in [0.4, 0.5) is 0 Å². The Labute approximate surface area is 153 Å². The molecule has 1 aliphatic rings. The van der Waals surface area contributed by atoms with Gasteiger partial charge in [0, 0.05) is 13.1 Å². The first kappa shape index (κ1) is 18.2. The van der Waals surface area contributed by atoms with E-state index in [4.69, 9.17) is 0 Å². The fraction of sp³-hybridized carbons (Fsp3) is 0.478. The Morgan fingerprint density at radius 2 is 1.44 bits per heavy atom. The SMILES string of the molecule is c1ccc(CNCc2cccc(CCCCN3CCCCC3)c2)cc1. The zero-order valence-corrected chi connectivity index (χ0v) is 15.4. The van der Waals surface area contributed by atoms with Crippen LogP contribution in [0.3, 0.4) is 0 Å². The molecule has 134 valence electrons. The minimum absolute atomic E-state index is 0.931. The number of aryl methyl sites for hydroxylation is 1. The molecule has 0 bridgehead atoms. The van der Waals surface area contributed by atoms with Crippen molar-refractivity contribution in [1.82, 2.24) is 10.2 Å². The highest BCUT2D eigenvalue weighted by Gasteiger charge is 2.08. The molecule has 1 aliphatic heterocycles. The van der Waals surface area contributed by atoms with Crippen molar-refractivity contribution in [2.24, 2.45) is 0 Å². The van der Waals surface area contributed by atoms with E-state index in [0.717, 1.165) is 13.1 Å². The molecule has 0 spiro atoms. The quantitative estimate of drug-likeness (QED) is 0.663. The van der Waals surface area contributed by atoms with E-state index >= 15 is 0 Å². The second-order valence-electron chi connectivity index (χ2n) is 7.27. The minimum atomic E-state index is 0.931. The van der Waals surface area contributed by atoms with Crippen LogP contribution < -0.4 is 5.32 Å². The van der Waals surface area contributed by atoms with E-state index < -0.39 is 0 Å². The number of hydrogen-bond donors (Lipinski definition) is 1. The Hall–Kier alpha value is -1.64. The molecule has 1 fully saturated rings. The third kappa shape index (κ3) is 6.64. The summed E-state index contributed by atoms with van der Waals surface area (Å²) in [5.74, 6) is 0. The standard InChI is InChI=1S/C23H32N2/c1-3-11-22(12-4-1)19-24-20-23-14-9-13-21(18-23)10-5-8-17-25-15-6-2-7-16-25/h1,3-4,9,11-14,18,24H,2,5-8,10,15-17,19-20H2. The summed E-state index contributed by atoms with van der Waals surface area (Å²) in [4.78, 5) is 2.65. The maximum Gasteiger partial charge on any atom is 0.0208 e. The van der Waals surface area contributed by atoms with Crippen LogP contribution in [0.5, 0.6) is 0 Å². The van der Waals surface area contributed by atoms with E-state index in [1.807, 2.05) is 0 Å². The Morgan fingerprint density at radius 3 is 2.28 bits per heavy atom. The van der Waals surface area contributed by atoms with Crippen LogP contribution in [0, 0.1) is 0 Å². The fourth-order valence-electron chi connectivity index (χ4n) is 3.69. The lowest BCUT2D eigenvalue weighted by molar-refractivity contribution is 0.225. The van der Waals surface area contributed by atoms with Crippen LogP contribution >= 0.6 is 0 Å². The first-order valence-corrected chi connectivity index (χ1v) is 9.95. The summed E-state index contributed by atoms with van der Waals surface area (Å²) in [5, 5.41) is 3.55. The Kier molecular flexibility index (Phi) is 7.54. The highest BCUT2D eigenvalue weighted by Crippen LogP contribution is 2.12. The summed E-state index contributed by atoms with van der Waals surface area (Å²) in [5.41, 5.74) is 4.22. The molecule has 3 rings (SSSR count). The van der Waals surface area contributed by atoms with E-state index in [-0.39, 0.29) is 0 Å². The zero-order chi connectivity index (χ0) is 17.2. The van der Waals surface area contributed by atoms with Gasteiger partial charge in [-0.1, -0.05) is 61.0 Å². The van der Waals surface area contributed by atoms with Gasteiger partial charge in [-0.25, -0.2) is 0 Å². The number of rotatable bonds is 9. The second-order valence-corrected chi connectivity index (χ2v) is 7.27. The van der Waals surface area contributed by atoms with Gasteiger partial charge >= 0.3 is 0 Å². The van der Waals surface area contributed by atoms with Crippen LogP contribution in [0.2, 0.25) is 0 Å². The largest absolute Gasteiger partial charge is 0.309 e. The van der Waals surface area contributed by atoms with Gasteiger partial charge in [0.1, 0.15) is 0 Å². The van der Waals surface area contributed by atoms with Gasteiger partial charge in [0.2, 0.25) is 0 Å². The number of benzene rings is 2. The van der Waals surface area contributed by atoms with Gasteiger partial charge in [-0.3, -0.25) is 0 Å². The molecular formula is C23H32N2. The monoisotopic (exact) mass is 336 g/mol. The van der Waals surface area contributed by atoms with Gasteiger partial charge in [-0.2, -0.15) is 0 Å². The summed E-state index contributed by atoms with van der Waals surface area (Å²) in [6, 6.07) is 19.7. The molecule has 1 N–H and O–H groups in total. The number of hydrogen-bond acceptors (Lipinski definition) is 2. The number of unbranched alkanes of at least 4 members (excludes halogenated alkanes) is 1. The van der Waals surface area contributed by atoms with Gasteiger partial charge in [0.15, 0.2) is 0 Å². The zero-order valence-electron chi connectivity index (χ0n) is 15.4. The summed E-state index contributed by atoms with van der Waals surface area (Å²) in [6.07, 6.45) is 8.08. The highest BCUT2D eigenvalue weighted by molar-refractivity contribution is 5.23. The van der Waals surface area contributed by atoms with Gasteiger partial charge in [0.25, 0.3) is 0 Å². The van der Waals surface area contributed by atoms with Crippen molar-refractivity contribution in [2.45, 2.75) is 51.6 Å². The average molecular weight is 337 g/mol. The van der Waals surface area contributed by atoms with Gasteiger partial charge in [0.05, 0.1) is 0 Å². The molecule has 25 heavy (non-hydrogen) atoms. The molecule has 1 saturated heterocycles. The van der Waals surface area contributed by atoms with E-state index in [1.54, 1.807) is 0 Å². The van der Waals surface area contributed by atoms with Crippen molar-refractivity contribution in [1.29, 1.82) is 0 Å². The van der Waals surface area contributed by atoms with E-state index in [0.29, 0.717) is 0 Å². The predicted molar refractivity (Wildman–Crippen MR) is 107 cm³/mol. The molecule has 0 radical (unpaired) electrons. The fourth-order valence-corrected chi connectivity index (χ4v) is 3.69. The Morgan fingerprint density at radius 1 is 0.720 bits per heavy atom. The Balaban J connectivity index is 1.35. The number of nitrogens with zero attached hydrogens (tertiary/aromatic N) is 1. The minimum Gasteiger partial charge on any atom is -0.309 e. The lowest BCUT2D eigenvalue weighted by atomic mass is 10.0. The third-order valence-electron chi connectivity index (χ3n) is 5.13. The summed E-state index contributed by atoms with van der Waals surface area (Å²) >= 11 is 0. The molecule has 0 aromatic heterocycles. The molecule has 0 atom stereocenters. The molecule has 0 unspecified atom stereocenters. The maximum atomic E-state index is 3.55. The molecule has 0 aliphatic carbocycles. The van der Waals surface area contributed by atoms with E-state index in [1.165, 1.54) is 74.8 Å². The van der Waals surface area contributed by atoms with Crippen LogP contribution in [-0.4, -0.2) is 24.5 Å². The molecule has 2 aromatic rings. The topological polar surface area (TPSA) is 15.3 Å². The van der Waals surface area contributed by atoms with Crippen LogP contribution in [0.25, 0.3) is 0 Å². The highest BCUT2D eigenvalue weighted by atomic mass is 15.1. The second kappa shape index (κ2) is 10.4. The molecule has 0 amide bonds. The van der Waals surface area contributed by atoms with Gasteiger partial charge in [-0.05, 0) is 68.4 Å². The van der Waals surface area contributed by atoms with E-state index in [9.17, 15) is 0 Å². The predicted octanol–water partition coefficient (Wildman–Crippen LogP) is 4.79. The van der Waals surface area contributed by atoms with Crippen LogP contribution in [-0.2, 0) is 19.5 Å². The average Bonchev–Trinajstić information content (AvgIpc) is 2.67. The van der Waals surface area contributed by atoms with Crippen molar-refractivity contribution in [2.75, 3.05) is 19.6 Å². The normalized spacial score (nSPS) is 15.4. The lowest BCUT2D eigenvalue weighted by Crippen LogP contribution is -2.30. The summed E-state index contributed by atoms with van der Waals surface area (Å²) < 4.78 is 0. The third-order valence-corrected chi connectivity index (χ3v) is 5.13. The van der Waals surface area contributed by atoms with Crippen LogP contribution in [0.15, 0.2) is 54.6 Å². The first-order chi connectivity index (χ1) is 12.4. The Bertz CT molecular complexity index is 602. The first-order valence-electron chi connectivity index (χ1n) is 9.95. The smallest absolute Gasteiger partial charge is 0.0208 e. The van der Waals surface area contributed by atoms with Gasteiger partial charge < -0.3 is 10.2 Å². The van der Waals surface area contributed by atoms with Gasteiger partial charge in [-0.15, -0.1) is 0 Å². The van der Waals surface area contributed by atoms with Crippen molar-refractivity contribution in [3.8, 4) is 0 Å². The van der Waals surface area contributed by atoms with Crippen molar-refractivity contribution in [3.63, 3.8) is 0 Å². The van der Waals surface area contributed by atoms with Crippen molar-refractivity contribution in [3.05, 3.63) is 71.3 Å². The maximum absolute atomic E-state index is 3.55. The molecule has 1 heterocycles. The lowest BCUT2D eigenvalue weighted by Gasteiger charge is -2.26. The van der Waals surface area contributed by atoms with Crippen molar-refractivity contribution >= 4 is 0 Å². The molecule has 2 aromatic carbocycles. The molecule has 2 nitrogen and oxygen atoms in total. The van der Waals surface area contributed by atoms with Crippen LogP contribution in [0.1, 0.15) is 48.8 Å². The number of nitrogens with one attached hydrogen (secondary N) is 1. The molecule has 0 saturated carbocycles. The number of piperidine rings is 1. The molecular weight excluding hydrogens is 304 g/mol.